The number of ether oxygens (including phenoxy) is 2. The lowest BCUT2D eigenvalue weighted by Crippen LogP contribution is -2.07. The quantitative estimate of drug-likeness (QED) is 0.789. The number of sulfone groups is 1. The van der Waals surface area contributed by atoms with E-state index in [0.717, 1.165) is 0 Å². The number of benzene rings is 2. The molecule has 2 aromatic rings. The molecule has 0 saturated carbocycles. The molecule has 0 aliphatic rings. The van der Waals surface area contributed by atoms with Gasteiger partial charge in [0, 0.05) is 19.8 Å². The van der Waals surface area contributed by atoms with E-state index in [1.807, 2.05) is 0 Å². The summed E-state index contributed by atoms with van der Waals surface area (Å²) in [5.74, 6) is 0. The van der Waals surface area contributed by atoms with Gasteiger partial charge in [0.15, 0.2) is 6.29 Å². The van der Waals surface area contributed by atoms with Gasteiger partial charge in [-0.1, -0.05) is 35.9 Å². The molecule has 112 valence electrons. The van der Waals surface area contributed by atoms with E-state index in [9.17, 15) is 8.42 Å². The molecule has 4 nitrogen and oxygen atoms in total. The van der Waals surface area contributed by atoms with Crippen LogP contribution in [-0.2, 0) is 19.3 Å². The first kappa shape index (κ1) is 16.0. The van der Waals surface area contributed by atoms with Gasteiger partial charge in [-0.3, -0.25) is 0 Å². The molecule has 0 saturated heterocycles. The third kappa shape index (κ3) is 3.27. The molecule has 0 amide bonds. The number of hydrogen-bond acceptors (Lipinski definition) is 4. The molecular weight excluding hydrogens is 312 g/mol. The van der Waals surface area contributed by atoms with Crippen LogP contribution in [0.3, 0.4) is 0 Å². The van der Waals surface area contributed by atoms with Gasteiger partial charge in [0.05, 0.1) is 14.8 Å². The lowest BCUT2D eigenvalue weighted by Gasteiger charge is -2.15. The smallest absolute Gasteiger partial charge is 0.208 e. The third-order valence-corrected chi connectivity index (χ3v) is 5.25. The van der Waals surface area contributed by atoms with Gasteiger partial charge in [0.1, 0.15) is 0 Å². The zero-order valence-electron chi connectivity index (χ0n) is 11.6. The second-order valence-electron chi connectivity index (χ2n) is 4.31. The predicted molar refractivity (Wildman–Crippen MR) is 80.1 cm³/mol. The summed E-state index contributed by atoms with van der Waals surface area (Å²) in [4.78, 5) is 0.224. The Morgan fingerprint density at radius 1 is 1.00 bits per heavy atom. The summed E-state index contributed by atoms with van der Waals surface area (Å²) in [5.41, 5.74) is 0.582. The van der Waals surface area contributed by atoms with E-state index >= 15 is 0 Å². The molecule has 0 fully saturated rings. The standard InChI is InChI=1S/C15H15ClO4S/c1-19-15(20-2)11-8-9-13(16)14(10-11)21(17,18)12-6-4-3-5-7-12/h3-10,15H,1-2H3. The maximum Gasteiger partial charge on any atom is 0.208 e. The SMILES string of the molecule is COC(OC)c1ccc(Cl)c(S(=O)(=O)c2ccccc2)c1. The molecule has 0 aliphatic heterocycles. The zero-order valence-corrected chi connectivity index (χ0v) is 13.2. The van der Waals surface area contributed by atoms with Crippen molar-refractivity contribution in [3.63, 3.8) is 0 Å². The molecule has 0 radical (unpaired) electrons. The zero-order chi connectivity index (χ0) is 15.5. The van der Waals surface area contributed by atoms with E-state index in [4.69, 9.17) is 21.1 Å². The maximum absolute atomic E-state index is 12.6. The van der Waals surface area contributed by atoms with Gasteiger partial charge in [-0.15, -0.1) is 0 Å². The van der Waals surface area contributed by atoms with Crippen molar-refractivity contribution >= 4 is 21.4 Å². The Morgan fingerprint density at radius 3 is 2.19 bits per heavy atom. The van der Waals surface area contributed by atoms with E-state index in [1.165, 1.54) is 38.5 Å². The van der Waals surface area contributed by atoms with Crippen molar-refractivity contribution in [3.05, 3.63) is 59.1 Å². The van der Waals surface area contributed by atoms with Crippen molar-refractivity contribution < 1.29 is 17.9 Å². The van der Waals surface area contributed by atoms with Crippen LogP contribution in [0.4, 0.5) is 0 Å². The van der Waals surface area contributed by atoms with Crippen LogP contribution >= 0.6 is 11.6 Å². The van der Waals surface area contributed by atoms with Gasteiger partial charge in [-0.05, 0) is 24.3 Å². The Kier molecular flexibility index (Phi) is 5.00. The molecule has 0 N–H and O–H groups in total. The van der Waals surface area contributed by atoms with Gasteiger partial charge >= 0.3 is 0 Å². The molecular formula is C15H15ClO4S. The van der Waals surface area contributed by atoms with Gasteiger partial charge in [-0.2, -0.15) is 0 Å². The minimum atomic E-state index is -3.69. The fraction of sp³-hybridized carbons (Fsp3) is 0.200. The van der Waals surface area contributed by atoms with Gasteiger partial charge in [-0.25, -0.2) is 8.42 Å². The van der Waals surface area contributed by atoms with Crippen LogP contribution in [0.25, 0.3) is 0 Å². The van der Waals surface area contributed by atoms with Crippen LogP contribution in [0.1, 0.15) is 11.9 Å². The number of halogens is 1. The fourth-order valence-electron chi connectivity index (χ4n) is 1.97. The average molecular weight is 327 g/mol. The van der Waals surface area contributed by atoms with Gasteiger partial charge in [0.2, 0.25) is 9.84 Å². The van der Waals surface area contributed by atoms with Crippen molar-refractivity contribution in [1.29, 1.82) is 0 Å². The second kappa shape index (κ2) is 6.58. The maximum atomic E-state index is 12.6. The molecule has 0 bridgehead atoms. The fourth-order valence-corrected chi connectivity index (χ4v) is 3.78. The highest BCUT2D eigenvalue weighted by Gasteiger charge is 2.22. The van der Waals surface area contributed by atoms with Gasteiger partial charge < -0.3 is 9.47 Å². The van der Waals surface area contributed by atoms with Crippen LogP contribution < -0.4 is 0 Å². The molecule has 0 aliphatic carbocycles. The summed E-state index contributed by atoms with van der Waals surface area (Å²) >= 11 is 6.06. The molecule has 0 atom stereocenters. The first-order valence-corrected chi connectivity index (χ1v) is 8.02. The van der Waals surface area contributed by atoms with Crippen LogP contribution in [0.5, 0.6) is 0 Å². The number of rotatable bonds is 5. The van der Waals surface area contributed by atoms with Crippen molar-refractivity contribution in [1.82, 2.24) is 0 Å². The normalized spacial score (nSPS) is 11.8. The van der Waals surface area contributed by atoms with E-state index in [1.54, 1.807) is 24.3 Å². The summed E-state index contributed by atoms with van der Waals surface area (Å²) < 4.78 is 35.6. The predicted octanol–water partition coefficient (Wildman–Crippen LogP) is 3.46. The number of methoxy groups -OCH3 is 2. The Hall–Kier alpha value is -1.40. The summed E-state index contributed by atoms with van der Waals surface area (Å²) in [5, 5.41) is 0.161. The largest absolute Gasteiger partial charge is 0.352 e. The molecule has 0 heterocycles. The lowest BCUT2D eigenvalue weighted by atomic mass is 10.2. The Balaban J connectivity index is 2.56. The molecule has 0 aromatic heterocycles. The second-order valence-corrected chi connectivity index (χ2v) is 6.63. The molecule has 2 rings (SSSR count). The number of hydrogen-bond donors (Lipinski definition) is 0. The topological polar surface area (TPSA) is 52.6 Å². The molecule has 21 heavy (non-hydrogen) atoms. The lowest BCUT2D eigenvalue weighted by molar-refractivity contribution is -0.106. The van der Waals surface area contributed by atoms with Crippen molar-refractivity contribution in [2.45, 2.75) is 16.1 Å². The Morgan fingerprint density at radius 2 is 1.62 bits per heavy atom. The Labute approximate surface area is 129 Å². The summed E-state index contributed by atoms with van der Waals surface area (Å²) in [6.45, 7) is 0. The minimum absolute atomic E-state index is 0.0342. The van der Waals surface area contributed by atoms with E-state index in [-0.39, 0.29) is 14.8 Å². The first-order valence-electron chi connectivity index (χ1n) is 6.16. The molecule has 2 aromatic carbocycles. The highest BCUT2D eigenvalue weighted by molar-refractivity contribution is 7.91. The minimum Gasteiger partial charge on any atom is -0.352 e. The Bertz CT molecular complexity index is 710. The van der Waals surface area contributed by atoms with Crippen molar-refractivity contribution in [2.75, 3.05) is 14.2 Å². The molecule has 0 spiro atoms. The van der Waals surface area contributed by atoms with E-state index in [0.29, 0.717) is 5.56 Å². The van der Waals surface area contributed by atoms with E-state index in [2.05, 4.69) is 0 Å². The summed E-state index contributed by atoms with van der Waals surface area (Å²) in [7, 11) is -0.725. The molecule has 0 unspecified atom stereocenters. The van der Waals surface area contributed by atoms with Crippen LogP contribution in [0, 0.1) is 0 Å². The third-order valence-electron chi connectivity index (χ3n) is 3.00. The van der Waals surface area contributed by atoms with Crippen LogP contribution in [0.2, 0.25) is 5.02 Å². The molecule has 6 heteroatoms. The van der Waals surface area contributed by atoms with Crippen LogP contribution in [0.15, 0.2) is 58.3 Å². The van der Waals surface area contributed by atoms with E-state index < -0.39 is 16.1 Å². The van der Waals surface area contributed by atoms with Crippen molar-refractivity contribution in [3.8, 4) is 0 Å². The van der Waals surface area contributed by atoms with Gasteiger partial charge in [0.25, 0.3) is 0 Å². The van der Waals surface area contributed by atoms with Crippen molar-refractivity contribution in [2.24, 2.45) is 0 Å². The average Bonchev–Trinajstić information content (AvgIpc) is 2.50. The summed E-state index contributed by atoms with van der Waals surface area (Å²) in [6.07, 6.45) is -0.646. The highest BCUT2D eigenvalue weighted by atomic mass is 35.5. The first-order chi connectivity index (χ1) is 10.0. The summed E-state index contributed by atoms with van der Waals surface area (Å²) in [6, 6.07) is 12.8. The highest BCUT2D eigenvalue weighted by Crippen LogP contribution is 2.31. The monoisotopic (exact) mass is 326 g/mol. The van der Waals surface area contributed by atoms with Crippen LogP contribution in [-0.4, -0.2) is 22.6 Å².